The van der Waals surface area contributed by atoms with Crippen molar-refractivity contribution in [3.63, 3.8) is 0 Å². The molecular formula is C9H13NO3. The van der Waals surface area contributed by atoms with E-state index in [-0.39, 0.29) is 11.8 Å². The predicted molar refractivity (Wildman–Crippen MR) is 45.0 cm³/mol. The molecule has 1 N–H and O–H groups in total. The van der Waals surface area contributed by atoms with Gasteiger partial charge in [0.1, 0.15) is 0 Å². The van der Waals surface area contributed by atoms with Crippen LogP contribution in [0.25, 0.3) is 0 Å². The average Bonchev–Trinajstić information content (AvgIpc) is 2.39. The van der Waals surface area contributed by atoms with Gasteiger partial charge in [0, 0.05) is 18.5 Å². The molecule has 2 bridgehead atoms. The number of amides is 1. The summed E-state index contributed by atoms with van der Waals surface area (Å²) in [4.78, 5) is 23.8. The minimum absolute atomic E-state index is 0.165. The Morgan fingerprint density at radius 3 is 2.69 bits per heavy atom. The van der Waals surface area contributed by atoms with Gasteiger partial charge in [-0.3, -0.25) is 9.59 Å². The maximum atomic E-state index is 11.4. The van der Waals surface area contributed by atoms with Gasteiger partial charge in [0.2, 0.25) is 5.91 Å². The van der Waals surface area contributed by atoms with Crippen molar-refractivity contribution in [2.45, 2.75) is 25.8 Å². The fraction of sp³-hybridized carbons (Fsp3) is 0.778. The SMILES string of the molecule is CC(CN1C(=O)C2CC1C2)C(=O)O. The number of fused-ring (bicyclic) bond motifs is 1. The number of nitrogens with zero attached hydrogens (tertiary/aromatic N) is 1. The molecule has 3 fully saturated rings. The third-order valence-electron chi connectivity index (χ3n) is 3.08. The van der Waals surface area contributed by atoms with Crippen LogP contribution in [0.1, 0.15) is 19.8 Å². The van der Waals surface area contributed by atoms with Gasteiger partial charge < -0.3 is 10.0 Å². The Balaban J connectivity index is 1.95. The van der Waals surface area contributed by atoms with Crippen molar-refractivity contribution in [3.8, 4) is 0 Å². The molecule has 0 radical (unpaired) electrons. The van der Waals surface area contributed by atoms with Gasteiger partial charge >= 0.3 is 5.97 Å². The van der Waals surface area contributed by atoms with Crippen LogP contribution >= 0.6 is 0 Å². The molecule has 1 unspecified atom stereocenters. The second kappa shape index (κ2) is 2.72. The number of carbonyl (C=O) groups is 2. The topological polar surface area (TPSA) is 57.6 Å². The largest absolute Gasteiger partial charge is 0.481 e. The van der Waals surface area contributed by atoms with Crippen molar-refractivity contribution in [2.24, 2.45) is 11.8 Å². The Morgan fingerprint density at radius 1 is 1.69 bits per heavy atom. The Labute approximate surface area is 76.5 Å². The molecule has 1 amide bonds. The normalized spacial score (nSPS) is 33.0. The van der Waals surface area contributed by atoms with Crippen LogP contribution in [-0.2, 0) is 9.59 Å². The van der Waals surface area contributed by atoms with Crippen LogP contribution in [0.4, 0.5) is 0 Å². The molecule has 0 aromatic rings. The van der Waals surface area contributed by atoms with Crippen LogP contribution in [-0.4, -0.2) is 34.5 Å². The highest BCUT2D eigenvalue weighted by Crippen LogP contribution is 2.41. The van der Waals surface area contributed by atoms with Crippen LogP contribution in [0.3, 0.4) is 0 Å². The molecule has 1 atom stereocenters. The van der Waals surface area contributed by atoms with E-state index in [0.717, 1.165) is 12.8 Å². The number of hydrogen-bond acceptors (Lipinski definition) is 2. The van der Waals surface area contributed by atoms with E-state index in [2.05, 4.69) is 0 Å². The molecule has 72 valence electrons. The number of hydrogen-bond donors (Lipinski definition) is 1. The summed E-state index contributed by atoms with van der Waals surface area (Å²) in [6.07, 6.45) is 1.90. The molecule has 13 heavy (non-hydrogen) atoms. The predicted octanol–water partition coefficient (Wildman–Crippen LogP) is 0.328. The van der Waals surface area contributed by atoms with Gasteiger partial charge in [-0.1, -0.05) is 6.92 Å². The fourth-order valence-corrected chi connectivity index (χ4v) is 2.07. The maximum Gasteiger partial charge on any atom is 0.308 e. The van der Waals surface area contributed by atoms with Gasteiger partial charge in [-0.2, -0.15) is 0 Å². The summed E-state index contributed by atoms with van der Waals surface area (Å²) in [5, 5.41) is 8.69. The minimum Gasteiger partial charge on any atom is -0.481 e. The number of carboxylic acid groups (broad SMARTS) is 1. The van der Waals surface area contributed by atoms with Crippen molar-refractivity contribution in [1.82, 2.24) is 4.90 Å². The van der Waals surface area contributed by atoms with E-state index in [1.54, 1.807) is 11.8 Å². The molecule has 3 rings (SSSR count). The van der Waals surface area contributed by atoms with E-state index in [0.29, 0.717) is 12.6 Å². The van der Waals surface area contributed by atoms with E-state index in [4.69, 9.17) is 5.11 Å². The Hall–Kier alpha value is -1.06. The lowest BCUT2D eigenvalue weighted by Gasteiger charge is -2.26. The molecule has 0 aromatic carbocycles. The van der Waals surface area contributed by atoms with Gasteiger partial charge in [-0.15, -0.1) is 0 Å². The first kappa shape index (κ1) is 8.53. The first-order valence-electron chi connectivity index (χ1n) is 4.63. The number of aliphatic carboxylic acids is 1. The summed E-state index contributed by atoms with van der Waals surface area (Å²) in [5.74, 6) is -0.885. The number of carboxylic acids is 1. The van der Waals surface area contributed by atoms with Gasteiger partial charge in [0.05, 0.1) is 5.92 Å². The first-order chi connectivity index (χ1) is 6.09. The lowest BCUT2D eigenvalue weighted by molar-refractivity contribution is -0.142. The van der Waals surface area contributed by atoms with E-state index < -0.39 is 11.9 Å². The summed E-state index contributed by atoms with van der Waals surface area (Å²) in [5.41, 5.74) is 0. The second-order valence-electron chi connectivity index (χ2n) is 4.05. The third kappa shape index (κ3) is 1.20. The highest BCUT2D eigenvalue weighted by Gasteiger charge is 2.49. The second-order valence-corrected chi connectivity index (χ2v) is 4.05. The quantitative estimate of drug-likeness (QED) is 0.685. The van der Waals surface area contributed by atoms with E-state index in [1.807, 2.05) is 0 Å². The average molecular weight is 183 g/mol. The van der Waals surface area contributed by atoms with Gasteiger partial charge in [0.15, 0.2) is 0 Å². The van der Waals surface area contributed by atoms with E-state index >= 15 is 0 Å². The van der Waals surface area contributed by atoms with Crippen LogP contribution < -0.4 is 0 Å². The molecule has 2 heterocycles. The van der Waals surface area contributed by atoms with E-state index in [9.17, 15) is 9.59 Å². The zero-order valence-corrected chi connectivity index (χ0v) is 7.56. The molecule has 2 saturated heterocycles. The van der Waals surface area contributed by atoms with Crippen LogP contribution in [0, 0.1) is 11.8 Å². The highest BCUT2D eigenvalue weighted by molar-refractivity contribution is 5.85. The molecule has 4 heteroatoms. The van der Waals surface area contributed by atoms with Gasteiger partial charge in [0.25, 0.3) is 0 Å². The van der Waals surface area contributed by atoms with Gasteiger partial charge in [-0.25, -0.2) is 0 Å². The molecule has 0 spiro atoms. The van der Waals surface area contributed by atoms with Gasteiger partial charge in [-0.05, 0) is 12.8 Å². The lowest BCUT2D eigenvalue weighted by Crippen LogP contribution is -2.35. The number of rotatable bonds is 3. The van der Waals surface area contributed by atoms with Crippen molar-refractivity contribution < 1.29 is 14.7 Å². The molecule has 0 aromatic heterocycles. The standard InChI is InChI=1S/C9H13NO3/c1-5(9(12)13)4-10-7-2-6(3-7)8(10)11/h5-7H,2-4H2,1H3,(H,12,13). The Bertz CT molecular complexity index is 258. The van der Waals surface area contributed by atoms with Crippen LogP contribution in [0.2, 0.25) is 0 Å². The zero-order valence-electron chi connectivity index (χ0n) is 7.56. The molecule has 3 aliphatic rings. The highest BCUT2D eigenvalue weighted by atomic mass is 16.4. The molecule has 1 aliphatic carbocycles. The molecule has 1 saturated carbocycles. The van der Waals surface area contributed by atoms with E-state index in [1.165, 1.54) is 0 Å². The monoisotopic (exact) mass is 183 g/mol. The number of carbonyl (C=O) groups excluding carboxylic acids is 1. The molecular weight excluding hydrogens is 170 g/mol. The van der Waals surface area contributed by atoms with Crippen LogP contribution in [0.15, 0.2) is 0 Å². The molecule has 4 nitrogen and oxygen atoms in total. The van der Waals surface area contributed by atoms with Crippen LogP contribution in [0.5, 0.6) is 0 Å². The third-order valence-corrected chi connectivity index (χ3v) is 3.08. The lowest BCUT2D eigenvalue weighted by atomic mass is 9.86. The zero-order chi connectivity index (χ0) is 9.59. The fourth-order valence-electron chi connectivity index (χ4n) is 2.07. The smallest absolute Gasteiger partial charge is 0.308 e. The summed E-state index contributed by atoms with van der Waals surface area (Å²) < 4.78 is 0. The first-order valence-corrected chi connectivity index (χ1v) is 4.63. The Morgan fingerprint density at radius 2 is 2.31 bits per heavy atom. The summed E-state index contributed by atoms with van der Waals surface area (Å²) in [6, 6.07) is 0.347. The minimum atomic E-state index is -0.822. The maximum absolute atomic E-state index is 11.4. The summed E-state index contributed by atoms with van der Waals surface area (Å²) in [7, 11) is 0. The molecule has 2 aliphatic heterocycles. The Kier molecular flexibility index (Phi) is 1.78. The van der Waals surface area contributed by atoms with Crippen molar-refractivity contribution in [3.05, 3.63) is 0 Å². The van der Waals surface area contributed by atoms with Crippen molar-refractivity contribution in [1.29, 1.82) is 0 Å². The summed E-state index contributed by atoms with van der Waals surface area (Å²) >= 11 is 0. The van der Waals surface area contributed by atoms with Crippen molar-refractivity contribution >= 4 is 11.9 Å². The summed E-state index contributed by atoms with van der Waals surface area (Å²) in [6.45, 7) is 2.03. The van der Waals surface area contributed by atoms with Crippen molar-refractivity contribution in [2.75, 3.05) is 6.54 Å².